The minimum atomic E-state index is -0.0501. The molecule has 5 nitrogen and oxygen atoms in total. The predicted octanol–water partition coefficient (Wildman–Crippen LogP) is 5.72. The Balaban J connectivity index is 1.78. The molecule has 188 valence electrons. The molecule has 3 aromatic rings. The first-order valence-electron chi connectivity index (χ1n) is 12.1. The van der Waals surface area contributed by atoms with Gasteiger partial charge < -0.3 is 22.1 Å². The third-order valence-corrected chi connectivity index (χ3v) is 6.79. The van der Waals surface area contributed by atoms with E-state index in [0.29, 0.717) is 13.1 Å². The maximum absolute atomic E-state index is 5.52. The van der Waals surface area contributed by atoms with Gasteiger partial charge in [-0.05, 0) is 48.1 Å². The van der Waals surface area contributed by atoms with Crippen LogP contribution in [0.1, 0.15) is 41.0 Å². The highest BCUT2D eigenvalue weighted by molar-refractivity contribution is 9.10. The number of halogens is 1. The van der Waals surface area contributed by atoms with E-state index < -0.39 is 0 Å². The molecule has 1 atom stereocenters. The van der Waals surface area contributed by atoms with Gasteiger partial charge >= 0.3 is 0 Å². The third kappa shape index (κ3) is 8.02. The standard InChI is InChI=1S/C30H36BrN5/c1-21-16-17-26(27(31)19-21)20-35-22(2)28(15-10-18-34-30(32)33)36-23(3)29(24-11-6-4-7-12-24)25-13-8-5-9-14-25/h4-9,11-14,16-17,19,28-29,35-36H,2-3,10,15,18,20H2,1H3,(H4,32,33,34). The van der Waals surface area contributed by atoms with Crippen LogP contribution < -0.4 is 22.1 Å². The summed E-state index contributed by atoms with van der Waals surface area (Å²) in [6.45, 7) is 12.2. The molecule has 0 aromatic heterocycles. The molecule has 0 aliphatic rings. The van der Waals surface area contributed by atoms with E-state index in [1.54, 1.807) is 0 Å². The molecule has 0 heterocycles. The molecule has 3 rings (SSSR count). The lowest BCUT2D eigenvalue weighted by Crippen LogP contribution is -2.37. The molecule has 0 spiro atoms. The van der Waals surface area contributed by atoms with Gasteiger partial charge in [-0.15, -0.1) is 0 Å². The number of benzene rings is 3. The fourth-order valence-corrected chi connectivity index (χ4v) is 4.79. The number of allylic oxidation sites excluding steroid dienone is 1. The van der Waals surface area contributed by atoms with Gasteiger partial charge in [0.15, 0.2) is 5.96 Å². The Labute approximate surface area is 223 Å². The molecular formula is C30H36BrN5. The van der Waals surface area contributed by atoms with Crippen LogP contribution in [0, 0.1) is 6.92 Å². The average Bonchev–Trinajstić information content (AvgIpc) is 2.86. The van der Waals surface area contributed by atoms with Crippen molar-refractivity contribution in [2.24, 2.45) is 16.5 Å². The Hall–Kier alpha value is -3.51. The zero-order valence-electron chi connectivity index (χ0n) is 20.9. The number of nitrogens with two attached hydrogens (primary N) is 2. The van der Waals surface area contributed by atoms with Crippen LogP contribution in [0.5, 0.6) is 0 Å². The monoisotopic (exact) mass is 545 g/mol. The summed E-state index contributed by atoms with van der Waals surface area (Å²) in [6.07, 6.45) is 1.60. The summed E-state index contributed by atoms with van der Waals surface area (Å²) in [7, 11) is 0. The first kappa shape index (κ1) is 27.1. The smallest absolute Gasteiger partial charge is 0.185 e. The number of nitrogens with one attached hydrogen (secondary N) is 2. The molecule has 1 unspecified atom stereocenters. The fourth-order valence-electron chi connectivity index (χ4n) is 4.16. The molecule has 6 N–H and O–H groups in total. The average molecular weight is 547 g/mol. The Morgan fingerprint density at radius 1 is 0.917 bits per heavy atom. The van der Waals surface area contributed by atoms with Crippen molar-refractivity contribution < 1.29 is 0 Å². The zero-order valence-corrected chi connectivity index (χ0v) is 22.5. The van der Waals surface area contributed by atoms with Crippen molar-refractivity contribution in [3.8, 4) is 0 Å². The van der Waals surface area contributed by atoms with Crippen LogP contribution in [0.4, 0.5) is 0 Å². The molecule has 0 bridgehead atoms. The van der Waals surface area contributed by atoms with Crippen LogP contribution in [0.2, 0.25) is 0 Å². The SMILES string of the molecule is C=C(NCc1ccc(C)cc1Br)C(CCCN=C(N)N)NC(=C)C(c1ccccc1)c1ccccc1. The molecular weight excluding hydrogens is 510 g/mol. The molecule has 0 aliphatic carbocycles. The summed E-state index contributed by atoms with van der Waals surface area (Å²) in [5.41, 5.74) is 17.6. The second-order valence-corrected chi connectivity index (χ2v) is 9.75. The van der Waals surface area contributed by atoms with Crippen LogP contribution in [-0.4, -0.2) is 18.5 Å². The van der Waals surface area contributed by atoms with Crippen LogP contribution in [0.25, 0.3) is 0 Å². The van der Waals surface area contributed by atoms with E-state index in [4.69, 9.17) is 11.5 Å². The number of hydrogen-bond donors (Lipinski definition) is 4. The van der Waals surface area contributed by atoms with E-state index >= 15 is 0 Å². The molecule has 0 saturated heterocycles. The lowest BCUT2D eigenvalue weighted by atomic mass is 9.88. The molecule has 36 heavy (non-hydrogen) atoms. The summed E-state index contributed by atoms with van der Waals surface area (Å²) in [4.78, 5) is 4.14. The largest absolute Gasteiger partial charge is 0.383 e. The lowest BCUT2D eigenvalue weighted by molar-refractivity contribution is 0.524. The summed E-state index contributed by atoms with van der Waals surface area (Å²) in [5, 5.41) is 7.20. The van der Waals surface area contributed by atoms with Crippen molar-refractivity contribution >= 4 is 21.9 Å². The molecule has 0 radical (unpaired) electrons. The summed E-state index contributed by atoms with van der Waals surface area (Å²) in [5.74, 6) is 0.116. The Morgan fingerprint density at radius 3 is 2.08 bits per heavy atom. The molecule has 0 fully saturated rings. The number of nitrogens with zero attached hydrogens (tertiary/aromatic N) is 1. The highest BCUT2D eigenvalue weighted by Gasteiger charge is 2.21. The maximum Gasteiger partial charge on any atom is 0.185 e. The normalized spacial score (nSPS) is 11.5. The second kappa shape index (κ2) is 13.5. The first-order chi connectivity index (χ1) is 17.3. The highest BCUT2D eigenvalue weighted by Crippen LogP contribution is 2.30. The van der Waals surface area contributed by atoms with E-state index in [9.17, 15) is 0 Å². The van der Waals surface area contributed by atoms with Gasteiger partial charge in [-0.2, -0.15) is 0 Å². The first-order valence-corrected chi connectivity index (χ1v) is 12.9. The van der Waals surface area contributed by atoms with E-state index in [-0.39, 0.29) is 17.9 Å². The topological polar surface area (TPSA) is 88.5 Å². The number of aliphatic imine (C=N–C) groups is 1. The van der Waals surface area contributed by atoms with Crippen molar-refractivity contribution in [3.63, 3.8) is 0 Å². The number of rotatable bonds is 13. The van der Waals surface area contributed by atoms with Crippen molar-refractivity contribution in [2.75, 3.05) is 6.54 Å². The van der Waals surface area contributed by atoms with E-state index in [1.165, 1.54) is 22.3 Å². The van der Waals surface area contributed by atoms with Gasteiger partial charge in [0, 0.05) is 34.9 Å². The van der Waals surface area contributed by atoms with Gasteiger partial charge in [0.25, 0.3) is 0 Å². The van der Waals surface area contributed by atoms with Crippen LogP contribution in [0.15, 0.2) is 113 Å². The van der Waals surface area contributed by atoms with Gasteiger partial charge in [0.05, 0.1) is 6.04 Å². The molecule has 3 aromatic carbocycles. The molecule has 0 aliphatic heterocycles. The number of guanidine groups is 1. The van der Waals surface area contributed by atoms with Crippen LogP contribution >= 0.6 is 15.9 Å². The van der Waals surface area contributed by atoms with Gasteiger partial charge in [-0.3, -0.25) is 4.99 Å². The Kier molecular flexibility index (Phi) is 10.2. The molecule has 6 heteroatoms. The van der Waals surface area contributed by atoms with Gasteiger partial charge in [-0.25, -0.2) is 0 Å². The summed E-state index contributed by atoms with van der Waals surface area (Å²) >= 11 is 3.67. The molecule has 0 saturated carbocycles. The third-order valence-electron chi connectivity index (χ3n) is 6.05. The molecule has 0 amide bonds. The quantitative estimate of drug-likeness (QED) is 0.126. The second-order valence-electron chi connectivity index (χ2n) is 8.90. The van der Waals surface area contributed by atoms with E-state index in [2.05, 4.69) is 118 Å². The summed E-state index contributed by atoms with van der Waals surface area (Å²) in [6, 6.07) is 27.2. The summed E-state index contributed by atoms with van der Waals surface area (Å²) < 4.78 is 1.08. The zero-order chi connectivity index (χ0) is 25.9. The predicted molar refractivity (Wildman–Crippen MR) is 156 cm³/mol. The van der Waals surface area contributed by atoms with Crippen LogP contribution in [0.3, 0.4) is 0 Å². The van der Waals surface area contributed by atoms with Gasteiger partial charge in [0.1, 0.15) is 0 Å². The number of aryl methyl sites for hydroxylation is 1. The Bertz CT molecular complexity index is 1130. The fraction of sp³-hybridized carbons (Fsp3) is 0.233. The minimum Gasteiger partial charge on any atom is -0.383 e. The van der Waals surface area contributed by atoms with Crippen LogP contribution in [-0.2, 0) is 6.54 Å². The lowest BCUT2D eigenvalue weighted by Gasteiger charge is -2.29. The Morgan fingerprint density at radius 2 is 1.53 bits per heavy atom. The van der Waals surface area contributed by atoms with E-state index in [0.717, 1.165) is 28.7 Å². The van der Waals surface area contributed by atoms with Crippen molar-refractivity contribution in [1.29, 1.82) is 0 Å². The van der Waals surface area contributed by atoms with Gasteiger partial charge in [-0.1, -0.05) is 102 Å². The minimum absolute atomic E-state index is 0.00616. The van der Waals surface area contributed by atoms with Gasteiger partial charge in [0.2, 0.25) is 0 Å². The van der Waals surface area contributed by atoms with Crippen molar-refractivity contribution in [3.05, 3.63) is 130 Å². The maximum atomic E-state index is 5.52. The van der Waals surface area contributed by atoms with Crippen molar-refractivity contribution in [1.82, 2.24) is 10.6 Å². The van der Waals surface area contributed by atoms with Crippen molar-refractivity contribution in [2.45, 2.75) is 38.3 Å². The highest BCUT2D eigenvalue weighted by atomic mass is 79.9. The van der Waals surface area contributed by atoms with E-state index in [1.807, 2.05) is 12.1 Å². The number of hydrogen-bond acceptors (Lipinski definition) is 3.